The Labute approximate surface area is 99.2 Å². The summed E-state index contributed by atoms with van der Waals surface area (Å²) in [6, 6.07) is 6.78. The number of rotatable bonds is 3. The molecule has 2 atom stereocenters. The molecule has 5 heteroatoms. The molecule has 5 nitrogen and oxygen atoms in total. The Morgan fingerprint density at radius 1 is 1.41 bits per heavy atom. The monoisotopic (exact) mass is 237 g/mol. The number of anilines is 1. The van der Waals surface area contributed by atoms with Gasteiger partial charge in [-0.3, -0.25) is 0 Å². The lowest BCUT2D eigenvalue weighted by Crippen LogP contribution is -2.25. The predicted molar refractivity (Wildman–Crippen MR) is 62.4 cm³/mol. The molecular formula is C12H15NO4. The molecule has 0 unspecified atom stereocenters. The van der Waals surface area contributed by atoms with Crippen LogP contribution in [0, 0.1) is 0 Å². The normalized spacial score (nSPS) is 24.0. The maximum absolute atomic E-state index is 11.1. The summed E-state index contributed by atoms with van der Waals surface area (Å²) in [5.41, 5.74) is 0.870. The van der Waals surface area contributed by atoms with Crippen molar-refractivity contribution >= 4 is 11.7 Å². The number of hydrogen-bond acceptors (Lipinski definition) is 4. The van der Waals surface area contributed by atoms with Gasteiger partial charge in [-0.05, 0) is 12.1 Å². The Morgan fingerprint density at radius 2 is 2.12 bits per heavy atom. The number of carboxylic acid groups (broad SMARTS) is 1. The topological polar surface area (TPSA) is 70.0 Å². The molecular weight excluding hydrogens is 222 g/mol. The second-order valence-corrected chi connectivity index (χ2v) is 4.07. The third kappa shape index (κ3) is 2.25. The van der Waals surface area contributed by atoms with E-state index in [1.165, 1.54) is 0 Å². The first-order valence-corrected chi connectivity index (χ1v) is 5.41. The van der Waals surface area contributed by atoms with Gasteiger partial charge in [0.2, 0.25) is 0 Å². The van der Waals surface area contributed by atoms with Crippen LogP contribution in [0.4, 0.5) is 5.69 Å². The van der Waals surface area contributed by atoms with Crippen LogP contribution in [0.1, 0.15) is 10.4 Å². The molecule has 0 aromatic heterocycles. The smallest absolute Gasteiger partial charge is 0.337 e. The van der Waals surface area contributed by atoms with Crippen molar-refractivity contribution in [1.29, 1.82) is 0 Å². The number of aliphatic hydroxyl groups is 1. The summed E-state index contributed by atoms with van der Waals surface area (Å²) < 4.78 is 5.14. The molecule has 17 heavy (non-hydrogen) atoms. The molecule has 1 heterocycles. The van der Waals surface area contributed by atoms with Gasteiger partial charge in [-0.2, -0.15) is 0 Å². The third-order valence-corrected chi connectivity index (χ3v) is 3.01. The lowest BCUT2D eigenvalue weighted by Gasteiger charge is -2.19. The highest BCUT2D eigenvalue weighted by Gasteiger charge is 2.32. The van der Waals surface area contributed by atoms with Gasteiger partial charge in [0, 0.05) is 20.2 Å². The lowest BCUT2D eigenvalue weighted by molar-refractivity contribution is 0.0217. The summed E-state index contributed by atoms with van der Waals surface area (Å²) in [7, 11) is 1.54. The number of aromatic carboxylic acids is 1. The van der Waals surface area contributed by atoms with E-state index in [0.29, 0.717) is 18.8 Å². The average Bonchev–Trinajstić information content (AvgIpc) is 2.70. The van der Waals surface area contributed by atoms with Gasteiger partial charge in [-0.25, -0.2) is 4.79 Å². The Bertz CT molecular complexity index is 421. The van der Waals surface area contributed by atoms with Crippen molar-refractivity contribution in [1.82, 2.24) is 0 Å². The van der Waals surface area contributed by atoms with E-state index < -0.39 is 12.1 Å². The number of benzene rings is 1. The van der Waals surface area contributed by atoms with Crippen LogP contribution >= 0.6 is 0 Å². The highest BCUT2D eigenvalue weighted by Crippen LogP contribution is 2.25. The molecule has 1 aromatic rings. The minimum Gasteiger partial charge on any atom is -0.478 e. The highest BCUT2D eigenvalue weighted by molar-refractivity contribution is 5.94. The third-order valence-electron chi connectivity index (χ3n) is 3.01. The molecule has 1 aliphatic rings. The highest BCUT2D eigenvalue weighted by atomic mass is 16.5. The number of aliphatic hydroxyl groups excluding tert-OH is 1. The van der Waals surface area contributed by atoms with Crippen molar-refractivity contribution < 1.29 is 19.7 Å². The zero-order valence-corrected chi connectivity index (χ0v) is 9.54. The van der Waals surface area contributed by atoms with E-state index in [0.717, 1.165) is 0 Å². The van der Waals surface area contributed by atoms with Gasteiger partial charge < -0.3 is 19.8 Å². The number of para-hydroxylation sites is 1. The number of methoxy groups -OCH3 is 1. The van der Waals surface area contributed by atoms with Crippen molar-refractivity contribution in [3.8, 4) is 0 Å². The lowest BCUT2D eigenvalue weighted by atomic mass is 10.1. The van der Waals surface area contributed by atoms with Crippen LogP contribution in [0.25, 0.3) is 0 Å². The second-order valence-electron chi connectivity index (χ2n) is 4.07. The molecule has 0 saturated carbocycles. The molecule has 1 saturated heterocycles. The number of hydrogen-bond donors (Lipinski definition) is 2. The summed E-state index contributed by atoms with van der Waals surface area (Å²) in [5.74, 6) is -0.962. The summed E-state index contributed by atoms with van der Waals surface area (Å²) in [5, 5.41) is 18.8. The number of carbonyl (C=O) groups is 1. The maximum atomic E-state index is 11.1. The summed E-state index contributed by atoms with van der Waals surface area (Å²) >= 11 is 0. The molecule has 92 valence electrons. The summed E-state index contributed by atoms with van der Waals surface area (Å²) in [6.45, 7) is 0.894. The van der Waals surface area contributed by atoms with Gasteiger partial charge in [0.25, 0.3) is 0 Å². The number of β-amino-alcohol motifs (C(OH)–C–C–N with tert-alkyl or cyclic N) is 1. The van der Waals surface area contributed by atoms with Crippen molar-refractivity contribution in [2.45, 2.75) is 12.2 Å². The fourth-order valence-corrected chi connectivity index (χ4v) is 2.12. The average molecular weight is 237 g/mol. The van der Waals surface area contributed by atoms with Gasteiger partial charge in [0.05, 0.1) is 17.4 Å². The van der Waals surface area contributed by atoms with Gasteiger partial charge in [0.1, 0.15) is 6.10 Å². The maximum Gasteiger partial charge on any atom is 0.337 e. The molecule has 1 aliphatic heterocycles. The largest absolute Gasteiger partial charge is 0.478 e. The Hall–Kier alpha value is -1.59. The van der Waals surface area contributed by atoms with E-state index in [-0.39, 0.29) is 11.7 Å². The zero-order chi connectivity index (χ0) is 12.4. The molecule has 1 aromatic carbocycles. The van der Waals surface area contributed by atoms with E-state index in [1.54, 1.807) is 31.4 Å². The van der Waals surface area contributed by atoms with E-state index >= 15 is 0 Å². The SMILES string of the molecule is CO[C@@H]1CN(c2ccccc2C(=O)O)C[C@H]1O. The minimum atomic E-state index is -0.962. The first kappa shape index (κ1) is 11.9. The van der Waals surface area contributed by atoms with Crippen LogP contribution in [-0.2, 0) is 4.74 Å². The Kier molecular flexibility index (Phi) is 3.31. The van der Waals surface area contributed by atoms with Crippen molar-refractivity contribution in [2.75, 3.05) is 25.1 Å². The number of ether oxygens (including phenoxy) is 1. The van der Waals surface area contributed by atoms with E-state index in [2.05, 4.69) is 0 Å². The van der Waals surface area contributed by atoms with E-state index in [1.807, 2.05) is 4.90 Å². The van der Waals surface area contributed by atoms with Crippen LogP contribution in [0.2, 0.25) is 0 Å². The number of nitrogens with zero attached hydrogens (tertiary/aromatic N) is 1. The predicted octanol–water partition coefficient (Wildman–Crippen LogP) is 0.581. The minimum absolute atomic E-state index is 0.247. The molecule has 0 bridgehead atoms. The van der Waals surface area contributed by atoms with Crippen molar-refractivity contribution in [3.63, 3.8) is 0 Å². The van der Waals surface area contributed by atoms with Crippen LogP contribution in [0.3, 0.4) is 0 Å². The molecule has 0 amide bonds. The standard InChI is InChI=1S/C12H15NO4/c1-17-11-7-13(6-10(11)14)9-5-3-2-4-8(9)12(15)16/h2-5,10-11,14H,6-7H2,1H3,(H,15,16)/t10-,11-/m1/s1. The Balaban J connectivity index is 2.27. The fourth-order valence-electron chi connectivity index (χ4n) is 2.12. The fraction of sp³-hybridized carbons (Fsp3) is 0.417. The van der Waals surface area contributed by atoms with Crippen LogP contribution in [0.15, 0.2) is 24.3 Å². The van der Waals surface area contributed by atoms with Crippen molar-refractivity contribution in [3.05, 3.63) is 29.8 Å². The second kappa shape index (κ2) is 4.73. The van der Waals surface area contributed by atoms with E-state index in [4.69, 9.17) is 9.84 Å². The molecule has 1 fully saturated rings. The Morgan fingerprint density at radius 3 is 2.71 bits per heavy atom. The van der Waals surface area contributed by atoms with Crippen molar-refractivity contribution in [2.24, 2.45) is 0 Å². The van der Waals surface area contributed by atoms with Crippen LogP contribution in [0.5, 0.6) is 0 Å². The zero-order valence-electron chi connectivity index (χ0n) is 9.54. The van der Waals surface area contributed by atoms with Gasteiger partial charge in [0.15, 0.2) is 0 Å². The first-order chi connectivity index (χ1) is 8.13. The summed E-state index contributed by atoms with van der Waals surface area (Å²) in [4.78, 5) is 12.9. The molecule has 0 spiro atoms. The van der Waals surface area contributed by atoms with Crippen LogP contribution in [-0.4, -0.2) is 48.6 Å². The first-order valence-electron chi connectivity index (χ1n) is 5.41. The summed E-state index contributed by atoms with van der Waals surface area (Å²) in [6.07, 6.45) is -0.848. The van der Waals surface area contributed by atoms with Crippen LogP contribution < -0.4 is 4.90 Å². The molecule has 2 N–H and O–H groups in total. The number of carboxylic acids is 1. The quantitative estimate of drug-likeness (QED) is 0.804. The molecule has 0 radical (unpaired) electrons. The molecule has 0 aliphatic carbocycles. The van der Waals surface area contributed by atoms with Gasteiger partial charge in [-0.1, -0.05) is 12.1 Å². The van der Waals surface area contributed by atoms with E-state index in [9.17, 15) is 9.90 Å². The van der Waals surface area contributed by atoms with Gasteiger partial charge >= 0.3 is 5.97 Å². The molecule has 2 rings (SSSR count). The van der Waals surface area contributed by atoms with Gasteiger partial charge in [-0.15, -0.1) is 0 Å².